The molecule has 2 heteroatoms. The van der Waals surface area contributed by atoms with Gasteiger partial charge < -0.3 is 9.84 Å². The average Bonchev–Trinajstić information content (AvgIpc) is 2.48. The summed E-state index contributed by atoms with van der Waals surface area (Å²) in [6.07, 6.45) is 0.688. The summed E-state index contributed by atoms with van der Waals surface area (Å²) in [5, 5.41) is 12.4. The van der Waals surface area contributed by atoms with Crippen molar-refractivity contribution in [2.75, 3.05) is 7.11 Å². The number of rotatable bonds is 3. The van der Waals surface area contributed by atoms with Crippen molar-refractivity contribution < 1.29 is 9.84 Å². The standard InChI is InChI=1S/C18H16O2/c1-20-17-8-4-5-13(10-17)9-16-11-14-6-2-3-7-15(14)12-18(16)19/h2-8,10-12,19H,9H2,1H3. The molecule has 0 unspecified atom stereocenters. The Labute approximate surface area is 118 Å². The minimum atomic E-state index is 0.339. The second kappa shape index (κ2) is 5.25. The van der Waals surface area contributed by atoms with Crippen molar-refractivity contribution in [3.8, 4) is 11.5 Å². The van der Waals surface area contributed by atoms with Crippen molar-refractivity contribution in [2.24, 2.45) is 0 Å². The van der Waals surface area contributed by atoms with E-state index in [0.717, 1.165) is 27.6 Å². The number of ether oxygens (including phenoxy) is 1. The predicted molar refractivity (Wildman–Crippen MR) is 81.4 cm³/mol. The lowest BCUT2D eigenvalue weighted by Gasteiger charge is -2.08. The van der Waals surface area contributed by atoms with Crippen LogP contribution >= 0.6 is 0 Å². The van der Waals surface area contributed by atoms with Crippen molar-refractivity contribution in [1.82, 2.24) is 0 Å². The third kappa shape index (κ3) is 2.45. The number of hydrogen-bond donors (Lipinski definition) is 1. The van der Waals surface area contributed by atoms with E-state index < -0.39 is 0 Å². The summed E-state index contributed by atoms with van der Waals surface area (Å²) < 4.78 is 5.23. The molecule has 0 bridgehead atoms. The zero-order chi connectivity index (χ0) is 13.9. The molecule has 3 aromatic carbocycles. The Morgan fingerprint density at radius 2 is 1.65 bits per heavy atom. The van der Waals surface area contributed by atoms with Crippen LogP contribution < -0.4 is 4.74 Å². The lowest BCUT2D eigenvalue weighted by molar-refractivity contribution is 0.414. The van der Waals surface area contributed by atoms with Crippen LogP contribution in [0, 0.1) is 0 Å². The van der Waals surface area contributed by atoms with Gasteiger partial charge in [0.15, 0.2) is 0 Å². The van der Waals surface area contributed by atoms with E-state index in [1.165, 1.54) is 0 Å². The topological polar surface area (TPSA) is 29.5 Å². The van der Waals surface area contributed by atoms with E-state index in [-0.39, 0.29) is 0 Å². The van der Waals surface area contributed by atoms with Crippen LogP contribution in [0.3, 0.4) is 0 Å². The van der Waals surface area contributed by atoms with Crippen molar-refractivity contribution in [3.05, 3.63) is 71.8 Å². The maximum absolute atomic E-state index is 10.2. The maximum Gasteiger partial charge on any atom is 0.119 e. The fourth-order valence-corrected chi connectivity index (χ4v) is 2.42. The average molecular weight is 264 g/mol. The first-order valence-corrected chi connectivity index (χ1v) is 6.60. The van der Waals surface area contributed by atoms with Gasteiger partial charge in [-0.1, -0.05) is 36.4 Å². The number of phenolic OH excluding ortho intramolecular Hbond substituents is 1. The number of hydrogen-bond acceptors (Lipinski definition) is 2. The number of fused-ring (bicyclic) bond motifs is 1. The number of aromatic hydroxyl groups is 1. The zero-order valence-corrected chi connectivity index (χ0v) is 11.3. The molecule has 0 aliphatic carbocycles. The zero-order valence-electron chi connectivity index (χ0n) is 11.3. The van der Waals surface area contributed by atoms with Crippen LogP contribution in [0.4, 0.5) is 0 Å². The highest BCUT2D eigenvalue weighted by Gasteiger charge is 2.05. The Morgan fingerprint density at radius 3 is 2.40 bits per heavy atom. The second-order valence-corrected chi connectivity index (χ2v) is 4.86. The van der Waals surface area contributed by atoms with E-state index in [1.807, 2.05) is 54.6 Å². The quantitative estimate of drug-likeness (QED) is 0.770. The van der Waals surface area contributed by atoms with Crippen LogP contribution in [0.1, 0.15) is 11.1 Å². The first-order valence-electron chi connectivity index (χ1n) is 6.60. The SMILES string of the molecule is COc1cccc(Cc2cc3ccccc3cc2O)c1. The van der Waals surface area contributed by atoms with Crippen LogP contribution in [0.15, 0.2) is 60.7 Å². The lowest BCUT2D eigenvalue weighted by atomic mass is 10.00. The number of phenols is 1. The maximum atomic E-state index is 10.2. The summed E-state index contributed by atoms with van der Waals surface area (Å²) >= 11 is 0. The third-order valence-electron chi connectivity index (χ3n) is 3.48. The molecule has 1 N–H and O–H groups in total. The van der Waals surface area contributed by atoms with Crippen molar-refractivity contribution in [1.29, 1.82) is 0 Å². The molecule has 2 nitrogen and oxygen atoms in total. The van der Waals surface area contributed by atoms with Crippen LogP contribution in [-0.2, 0) is 6.42 Å². The van der Waals surface area contributed by atoms with E-state index in [0.29, 0.717) is 12.2 Å². The Morgan fingerprint density at radius 1 is 0.900 bits per heavy atom. The highest BCUT2D eigenvalue weighted by molar-refractivity contribution is 5.85. The Hall–Kier alpha value is -2.48. The van der Waals surface area contributed by atoms with Crippen LogP contribution in [0.5, 0.6) is 11.5 Å². The molecule has 0 saturated heterocycles. The lowest BCUT2D eigenvalue weighted by Crippen LogP contribution is -1.91. The van der Waals surface area contributed by atoms with Crippen molar-refractivity contribution >= 4 is 10.8 Å². The summed E-state index contributed by atoms with van der Waals surface area (Å²) in [6, 6.07) is 19.8. The smallest absolute Gasteiger partial charge is 0.119 e. The van der Waals surface area contributed by atoms with Gasteiger partial charge in [-0.05, 0) is 46.2 Å². The summed E-state index contributed by atoms with van der Waals surface area (Å²) in [5.41, 5.74) is 2.05. The van der Waals surface area contributed by atoms with Gasteiger partial charge in [-0.15, -0.1) is 0 Å². The minimum Gasteiger partial charge on any atom is -0.508 e. The van der Waals surface area contributed by atoms with Gasteiger partial charge >= 0.3 is 0 Å². The van der Waals surface area contributed by atoms with Gasteiger partial charge in [0.05, 0.1) is 7.11 Å². The van der Waals surface area contributed by atoms with Gasteiger partial charge in [0, 0.05) is 6.42 Å². The molecule has 0 heterocycles. The first-order chi connectivity index (χ1) is 9.76. The van der Waals surface area contributed by atoms with Gasteiger partial charge in [-0.25, -0.2) is 0 Å². The molecule has 0 amide bonds. The van der Waals surface area contributed by atoms with E-state index in [9.17, 15) is 5.11 Å². The molecule has 3 aromatic rings. The minimum absolute atomic E-state index is 0.339. The summed E-state index contributed by atoms with van der Waals surface area (Å²) in [5.74, 6) is 1.18. The molecule has 0 spiro atoms. The highest BCUT2D eigenvalue weighted by Crippen LogP contribution is 2.27. The van der Waals surface area contributed by atoms with Crippen LogP contribution in [0.25, 0.3) is 10.8 Å². The van der Waals surface area contributed by atoms with Gasteiger partial charge in [0.25, 0.3) is 0 Å². The van der Waals surface area contributed by atoms with Gasteiger partial charge in [-0.3, -0.25) is 0 Å². The van der Waals surface area contributed by atoms with E-state index in [1.54, 1.807) is 7.11 Å². The Balaban J connectivity index is 1.99. The molecule has 0 aromatic heterocycles. The molecule has 100 valence electrons. The largest absolute Gasteiger partial charge is 0.508 e. The molecular weight excluding hydrogens is 248 g/mol. The number of methoxy groups -OCH3 is 1. The fraction of sp³-hybridized carbons (Fsp3) is 0.111. The van der Waals surface area contributed by atoms with Gasteiger partial charge in [0.2, 0.25) is 0 Å². The predicted octanol–water partition coefficient (Wildman–Crippen LogP) is 4.14. The normalized spacial score (nSPS) is 10.7. The van der Waals surface area contributed by atoms with E-state index >= 15 is 0 Å². The molecular formula is C18H16O2. The summed E-state index contributed by atoms with van der Waals surface area (Å²) in [7, 11) is 1.66. The van der Waals surface area contributed by atoms with Gasteiger partial charge in [0.1, 0.15) is 11.5 Å². The highest BCUT2D eigenvalue weighted by atomic mass is 16.5. The van der Waals surface area contributed by atoms with Crippen molar-refractivity contribution in [3.63, 3.8) is 0 Å². The molecule has 20 heavy (non-hydrogen) atoms. The van der Waals surface area contributed by atoms with Crippen molar-refractivity contribution in [2.45, 2.75) is 6.42 Å². The van der Waals surface area contributed by atoms with Crippen LogP contribution in [0.2, 0.25) is 0 Å². The monoisotopic (exact) mass is 264 g/mol. The Bertz CT molecular complexity index is 747. The Kier molecular flexibility index (Phi) is 3.30. The summed E-state index contributed by atoms with van der Waals surface area (Å²) in [6.45, 7) is 0. The van der Waals surface area contributed by atoms with E-state index in [2.05, 4.69) is 6.07 Å². The summed E-state index contributed by atoms with van der Waals surface area (Å²) in [4.78, 5) is 0. The first kappa shape index (κ1) is 12.5. The third-order valence-corrected chi connectivity index (χ3v) is 3.48. The molecule has 0 radical (unpaired) electrons. The molecule has 0 aliphatic rings. The van der Waals surface area contributed by atoms with Crippen LogP contribution in [-0.4, -0.2) is 12.2 Å². The number of benzene rings is 3. The molecule has 0 atom stereocenters. The molecule has 0 fully saturated rings. The second-order valence-electron chi connectivity index (χ2n) is 4.86. The molecule has 0 aliphatic heterocycles. The molecule has 3 rings (SSSR count). The van der Waals surface area contributed by atoms with E-state index in [4.69, 9.17) is 4.74 Å². The van der Waals surface area contributed by atoms with Gasteiger partial charge in [-0.2, -0.15) is 0 Å². The molecule has 0 saturated carbocycles. The fourth-order valence-electron chi connectivity index (χ4n) is 2.42.